The Bertz CT molecular complexity index is 504. The summed E-state index contributed by atoms with van der Waals surface area (Å²) < 4.78 is 5.71. The maximum Gasteiger partial charge on any atom is 0.122 e. The molecule has 1 heterocycles. The Morgan fingerprint density at radius 3 is 2.53 bits per heavy atom. The summed E-state index contributed by atoms with van der Waals surface area (Å²) in [6, 6.07) is 7.72. The molecule has 0 saturated heterocycles. The van der Waals surface area contributed by atoms with Crippen molar-refractivity contribution >= 4 is 12.2 Å². The van der Waals surface area contributed by atoms with Crippen LogP contribution >= 0.6 is 12.2 Å². The van der Waals surface area contributed by atoms with Crippen LogP contribution in [0.5, 0.6) is 5.75 Å². The Morgan fingerprint density at radius 2 is 1.93 bits per heavy atom. The number of hydrogen-bond donors (Lipinski definition) is 1. The van der Waals surface area contributed by atoms with Gasteiger partial charge in [-0.3, -0.25) is 4.98 Å². The van der Waals surface area contributed by atoms with Crippen molar-refractivity contribution in [2.45, 2.75) is 0 Å². The van der Waals surface area contributed by atoms with E-state index in [0.717, 1.165) is 17.0 Å². The molecule has 0 unspecified atom stereocenters. The summed E-state index contributed by atoms with van der Waals surface area (Å²) in [5.41, 5.74) is 1.94. The Morgan fingerprint density at radius 1 is 1.20 bits per heavy atom. The molecule has 4 heteroatoms. The second-order valence-corrected chi connectivity index (χ2v) is 3.48. The average Bonchev–Trinajstić information content (AvgIpc) is 2.29. The molecule has 0 aliphatic carbocycles. The summed E-state index contributed by atoms with van der Waals surface area (Å²) in [7, 11) is 1.65. The SMILES string of the molecule is COc1ccc(-c2cncc(=S)[nH]2)cc1. The second kappa shape index (κ2) is 4.23. The Balaban J connectivity index is 2.41. The molecule has 0 saturated carbocycles. The third-order valence-electron chi connectivity index (χ3n) is 2.05. The van der Waals surface area contributed by atoms with E-state index in [1.165, 1.54) is 0 Å². The van der Waals surface area contributed by atoms with Crippen LogP contribution in [0.3, 0.4) is 0 Å². The van der Waals surface area contributed by atoms with Gasteiger partial charge in [-0.2, -0.15) is 0 Å². The molecule has 0 amide bonds. The number of ether oxygens (including phenoxy) is 1. The molecule has 0 aliphatic rings. The molecular formula is C11H10N2OS. The van der Waals surface area contributed by atoms with Gasteiger partial charge in [-0.25, -0.2) is 0 Å². The van der Waals surface area contributed by atoms with Crippen LogP contribution in [0.15, 0.2) is 36.7 Å². The molecule has 15 heavy (non-hydrogen) atoms. The van der Waals surface area contributed by atoms with Crippen LogP contribution in [-0.2, 0) is 0 Å². The van der Waals surface area contributed by atoms with E-state index < -0.39 is 0 Å². The number of aromatic amines is 1. The van der Waals surface area contributed by atoms with E-state index in [-0.39, 0.29) is 0 Å². The molecule has 1 N–H and O–H groups in total. The van der Waals surface area contributed by atoms with Crippen LogP contribution < -0.4 is 4.74 Å². The number of methoxy groups -OCH3 is 1. The van der Waals surface area contributed by atoms with Gasteiger partial charge < -0.3 is 9.72 Å². The number of benzene rings is 1. The summed E-state index contributed by atoms with van der Waals surface area (Å²) in [6.07, 6.45) is 3.36. The standard InChI is InChI=1S/C11H10N2OS/c1-14-9-4-2-8(3-5-9)10-6-12-7-11(15)13-10/h2-7H,1H3,(H,13,15). The van der Waals surface area contributed by atoms with Crippen LogP contribution in [0.1, 0.15) is 0 Å². The molecular weight excluding hydrogens is 208 g/mol. The number of aromatic nitrogens is 2. The first kappa shape index (κ1) is 9.86. The first-order valence-corrected chi connectivity index (χ1v) is 4.89. The van der Waals surface area contributed by atoms with Crippen LogP contribution in [0, 0.1) is 4.64 Å². The summed E-state index contributed by atoms with van der Waals surface area (Å²) in [5.74, 6) is 0.834. The van der Waals surface area contributed by atoms with Gasteiger partial charge in [0.15, 0.2) is 0 Å². The van der Waals surface area contributed by atoms with Gasteiger partial charge in [0.1, 0.15) is 10.4 Å². The third kappa shape index (κ3) is 2.22. The van der Waals surface area contributed by atoms with E-state index in [2.05, 4.69) is 9.97 Å². The lowest BCUT2D eigenvalue weighted by molar-refractivity contribution is 0.415. The van der Waals surface area contributed by atoms with Crippen LogP contribution in [-0.4, -0.2) is 17.1 Å². The van der Waals surface area contributed by atoms with E-state index in [1.807, 2.05) is 24.3 Å². The van der Waals surface area contributed by atoms with Crippen molar-refractivity contribution < 1.29 is 4.74 Å². The van der Waals surface area contributed by atoms with E-state index in [1.54, 1.807) is 19.5 Å². The lowest BCUT2D eigenvalue weighted by Gasteiger charge is -2.02. The summed E-state index contributed by atoms with van der Waals surface area (Å²) in [6.45, 7) is 0. The Kier molecular flexibility index (Phi) is 2.78. The molecule has 1 aromatic carbocycles. The minimum atomic E-state index is 0.628. The maximum absolute atomic E-state index is 5.08. The Hall–Kier alpha value is -1.68. The van der Waals surface area contributed by atoms with Gasteiger partial charge in [-0.1, -0.05) is 12.2 Å². The lowest BCUT2D eigenvalue weighted by Crippen LogP contribution is -1.86. The third-order valence-corrected chi connectivity index (χ3v) is 2.26. The number of H-pyrrole nitrogens is 1. The zero-order valence-electron chi connectivity index (χ0n) is 8.23. The molecule has 0 bridgehead atoms. The van der Waals surface area contributed by atoms with Gasteiger partial charge >= 0.3 is 0 Å². The van der Waals surface area contributed by atoms with Crippen LogP contribution in [0.2, 0.25) is 0 Å². The van der Waals surface area contributed by atoms with Gasteiger partial charge in [0.25, 0.3) is 0 Å². The predicted octanol–water partition coefficient (Wildman–Crippen LogP) is 2.81. The van der Waals surface area contributed by atoms with Crippen molar-refractivity contribution in [2.24, 2.45) is 0 Å². The summed E-state index contributed by atoms with van der Waals surface area (Å²) in [5, 5.41) is 0. The van der Waals surface area contributed by atoms with Crippen molar-refractivity contribution in [3.05, 3.63) is 41.3 Å². The van der Waals surface area contributed by atoms with Crippen LogP contribution in [0.4, 0.5) is 0 Å². The molecule has 0 atom stereocenters. The number of nitrogens with one attached hydrogen (secondary N) is 1. The first-order chi connectivity index (χ1) is 7.29. The second-order valence-electron chi connectivity index (χ2n) is 3.04. The molecule has 0 radical (unpaired) electrons. The number of hydrogen-bond acceptors (Lipinski definition) is 3. The lowest BCUT2D eigenvalue weighted by atomic mass is 10.1. The van der Waals surface area contributed by atoms with E-state index >= 15 is 0 Å². The summed E-state index contributed by atoms with van der Waals surface area (Å²) >= 11 is 5.01. The van der Waals surface area contributed by atoms with E-state index in [0.29, 0.717) is 4.64 Å². The van der Waals surface area contributed by atoms with Gasteiger partial charge in [-0.05, 0) is 29.8 Å². The molecule has 2 aromatic rings. The zero-order valence-corrected chi connectivity index (χ0v) is 9.04. The fraction of sp³-hybridized carbons (Fsp3) is 0.0909. The summed E-state index contributed by atoms with van der Waals surface area (Å²) in [4.78, 5) is 7.11. The predicted molar refractivity (Wildman–Crippen MR) is 61.4 cm³/mol. The normalized spacial score (nSPS) is 9.93. The highest BCUT2D eigenvalue weighted by Crippen LogP contribution is 2.19. The first-order valence-electron chi connectivity index (χ1n) is 4.48. The highest BCUT2D eigenvalue weighted by molar-refractivity contribution is 7.71. The molecule has 1 aromatic heterocycles. The topological polar surface area (TPSA) is 37.9 Å². The van der Waals surface area contributed by atoms with E-state index in [9.17, 15) is 0 Å². The van der Waals surface area contributed by atoms with Crippen molar-refractivity contribution in [1.29, 1.82) is 0 Å². The van der Waals surface area contributed by atoms with Gasteiger partial charge in [0.2, 0.25) is 0 Å². The quantitative estimate of drug-likeness (QED) is 0.788. The molecule has 0 spiro atoms. The van der Waals surface area contributed by atoms with E-state index in [4.69, 9.17) is 17.0 Å². The van der Waals surface area contributed by atoms with Crippen molar-refractivity contribution in [1.82, 2.24) is 9.97 Å². The van der Waals surface area contributed by atoms with Crippen molar-refractivity contribution in [3.8, 4) is 17.0 Å². The minimum Gasteiger partial charge on any atom is -0.497 e. The largest absolute Gasteiger partial charge is 0.497 e. The fourth-order valence-corrected chi connectivity index (χ4v) is 1.46. The van der Waals surface area contributed by atoms with Gasteiger partial charge in [-0.15, -0.1) is 0 Å². The monoisotopic (exact) mass is 218 g/mol. The minimum absolute atomic E-state index is 0.628. The van der Waals surface area contributed by atoms with Crippen LogP contribution in [0.25, 0.3) is 11.3 Å². The molecule has 76 valence electrons. The van der Waals surface area contributed by atoms with Gasteiger partial charge in [0.05, 0.1) is 25.2 Å². The number of rotatable bonds is 2. The maximum atomic E-state index is 5.08. The molecule has 3 nitrogen and oxygen atoms in total. The highest BCUT2D eigenvalue weighted by atomic mass is 32.1. The van der Waals surface area contributed by atoms with Crippen molar-refractivity contribution in [3.63, 3.8) is 0 Å². The number of nitrogens with zero attached hydrogens (tertiary/aromatic N) is 1. The van der Waals surface area contributed by atoms with Gasteiger partial charge in [0, 0.05) is 0 Å². The van der Waals surface area contributed by atoms with Crippen molar-refractivity contribution in [2.75, 3.05) is 7.11 Å². The molecule has 0 aliphatic heterocycles. The Labute approximate surface area is 92.8 Å². The highest BCUT2D eigenvalue weighted by Gasteiger charge is 1.98. The zero-order chi connectivity index (χ0) is 10.7. The average molecular weight is 218 g/mol. The smallest absolute Gasteiger partial charge is 0.122 e. The molecule has 2 rings (SSSR count). The molecule has 0 fully saturated rings. The fourth-order valence-electron chi connectivity index (χ4n) is 1.29.